The second kappa shape index (κ2) is 19.4. The first-order valence-corrected chi connectivity index (χ1v) is 24.1. The van der Waals surface area contributed by atoms with Crippen molar-refractivity contribution in [2.75, 3.05) is 39.6 Å². The Balaban J connectivity index is 1.19. The molecule has 63 heavy (non-hydrogen) atoms. The van der Waals surface area contributed by atoms with Gasteiger partial charge in [0, 0.05) is 9.21 Å². The predicted octanol–water partition coefficient (Wildman–Crippen LogP) is 10.6. The third-order valence-corrected chi connectivity index (χ3v) is 16.1. The Hall–Kier alpha value is -5.59. The summed E-state index contributed by atoms with van der Waals surface area (Å²) in [5.74, 6) is 3.73. The number of hydrogen-bond donors (Lipinski definition) is 0. The number of hydrogen-bond acceptors (Lipinski definition) is 15. The third-order valence-electron chi connectivity index (χ3n) is 9.28. The molecule has 324 valence electrons. The number of benzene rings is 6. The molecule has 6 aromatic rings. The molecule has 0 N–H and O–H groups in total. The third kappa shape index (κ3) is 10.8. The molecule has 5 atom stereocenters. The van der Waals surface area contributed by atoms with Crippen LogP contribution in [0.25, 0.3) is 0 Å². The van der Waals surface area contributed by atoms with E-state index in [0.29, 0.717) is 91.4 Å². The number of ether oxygens (including phenoxy) is 6. The summed E-state index contributed by atoms with van der Waals surface area (Å²) < 4.78 is 72.5. The highest BCUT2D eigenvalue weighted by Crippen LogP contribution is 2.78. The summed E-state index contributed by atoms with van der Waals surface area (Å²) in [6, 6.07) is 49.9. The molecule has 0 saturated carbocycles. The first-order valence-electron chi connectivity index (χ1n) is 20.2. The molecule has 3 fully saturated rings. The summed E-state index contributed by atoms with van der Waals surface area (Å²) >= 11 is 0. The van der Waals surface area contributed by atoms with E-state index in [1.807, 2.05) is 146 Å². The smallest absolute Gasteiger partial charge is 0.447 e. The monoisotopic (exact) mass is 909 g/mol. The number of nitrogens with zero attached hydrogens (tertiary/aromatic N) is 3. The first-order chi connectivity index (χ1) is 31.1. The average Bonchev–Trinajstić information content (AvgIpc) is 4.16. The van der Waals surface area contributed by atoms with Crippen LogP contribution >= 0.6 is 24.6 Å². The molecule has 4 aliphatic heterocycles. The zero-order valence-corrected chi connectivity index (χ0v) is 36.3. The van der Waals surface area contributed by atoms with Crippen LogP contribution < -0.4 is 42.0 Å². The average molecular weight is 910 g/mol. The molecule has 4 heterocycles. The van der Waals surface area contributed by atoms with Crippen molar-refractivity contribution in [1.29, 1.82) is 0 Å². The van der Waals surface area contributed by atoms with Gasteiger partial charge in [0.25, 0.3) is 0 Å². The molecule has 0 aliphatic carbocycles. The standard InChI is InChI=1S/C45H42N3O12P3/c1-4-16-34(17-5-1)55-47-61(57-35-18-6-2-7-19-35)46-63(59-44-26-14-11-23-41(44)53-32-38-29-50-38,60-45-27-15-12-24-42(45)54-33-39-30-51-39)48(62(47)58-36-20-8-3-9-21-36)56-43-25-13-10-22-40(43)52-31-37-28-49-37/h1-27,37-39H,28-33H2. The minimum Gasteiger partial charge on any atom is -0.487 e. The summed E-state index contributed by atoms with van der Waals surface area (Å²) in [5.41, 5.74) is 0. The highest BCUT2D eigenvalue weighted by Gasteiger charge is 2.58. The van der Waals surface area contributed by atoms with Crippen LogP contribution in [-0.4, -0.2) is 67.2 Å². The molecule has 5 unspecified atom stereocenters. The van der Waals surface area contributed by atoms with E-state index in [2.05, 4.69) is 0 Å². The molecule has 0 bridgehead atoms. The molecule has 10 rings (SSSR count). The molecule has 4 aliphatic rings. The quantitative estimate of drug-likeness (QED) is 0.0500. The van der Waals surface area contributed by atoms with E-state index in [0.717, 1.165) is 0 Å². The summed E-state index contributed by atoms with van der Waals surface area (Å²) in [7, 11) is -8.80. The zero-order chi connectivity index (χ0) is 42.3. The van der Waals surface area contributed by atoms with Gasteiger partial charge in [-0.05, 0) is 72.8 Å². The molecule has 0 aromatic heterocycles. The SMILES string of the molecule is c1ccc(ON2P(Oc3ccccc3)N=P(Oc3ccccc3OCC3CO3)(Oc3ccccc3OCC3CO3)N(Oc3ccccc3OCC3CO3)P2Oc2ccccc2)cc1. The fraction of sp³-hybridized carbons (Fsp3) is 0.200. The van der Waals surface area contributed by atoms with E-state index in [9.17, 15) is 0 Å². The van der Waals surface area contributed by atoms with Gasteiger partial charge in [0.2, 0.25) is 0 Å². The van der Waals surface area contributed by atoms with Crippen molar-refractivity contribution in [3.63, 3.8) is 0 Å². The van der Waals surface area contributed by atoms with Gasteiger partial charge in [-0.2, -0.15) is 0 Å². The summed E-state index contributed by atoms with van der Waals surface area (Å²) in [6.45, 7) is 2.77. The maximum absolute atomic E-state index is 7.30. The molecule has 0 amide bonds. The van der Waals surface area contributed by atoms with Gasteiger partial charge in [-0.25, -0.2) is 0 Å². The van der Waals surface area contributed by atoms with Crippen molar-refractivity contribution in [1.82, 2.24) is 9.21 Å². The van der Waals surface area contributed by atoms with Crippen LogP contribution in [0.15, 0.2) is 168 Å². The van der Waals surface area contributed by atoms with Crippen molar-refractivity contribution >= 4 is 24.6 Å². The largest absolute Gasteiger partial charge is 0.487 e. The van der Waals surface area contributed by atoms with Crippen molar-refractivity contribution < 1.29 is 56.2 Å². The van der Waals surface area contributed by atoms with Crippen molar-refractivity contribution in [2.24, 2.45) is 4.52 Å². The van der Waals surface area contributed by atoms with Gasteiger partial charge in [-0.15, -0.1) is 4.52 Å². The van der Waals surface area contributed by atoms with Crippen LogP contribution in [0.2, 0.25) is 0 Å². The number of rotatable bonds is 21. The summed E-state index contributed by atoms with van der Waals surface area (Å²) in [4.78, 5) is 13.9. The van der Waals surface area contributed by atoms with Crippen molar-refractivity contribution in [3.8, 4) is 51.7 Å². The minimum absolute atomic E-state index is 0.0247. The van der Waals surface area contributed by atoms with Crippen molar-refractivity contribution in [3.05, 3.63) is 164 Å². The molecule has 3 saturated heterocycles. The van der Waals surface area contributed by atoms with E-state index >= 15 is 0 Å². The zero-order valence-electron chi connectivity index (χ0n) is 33.6. The number of epoxide rings is 3. The molecule has 0 spiro atoms. The van der Waals surface area contributed by atoms with Gasteiger partial charge < -0.3 is 56.2 Å². The van der Waals surface area contributed by atoms with Gasteiger partial charge in [-0.3, -0.25) is 0 Å². The van der Waals surface area contributed by atoms with E-state index in [4.69, 9.17) is 60.7 Å². The topological polar surface area (TPSA) is 140 Å². The lowest BCUT2D eigenvalue weighted by atomic mass is 10.3. The maximum Gasteiger partial charge on any atom is 0.447 e. The predicted molar refractivity (Wildman–Crippen MR) is 235 cm³/mol. The minimum atomic E-state index is -4.18. The van der Waals surface area contributed by atoms with E-state index in [1.165, 1.54) is 4.60 Å². The fourth-order valence-corrected chi connectivity index (χ4v) is 13.3. The number of para-hydroxylation sites is 9. The Morgan fingerprint density at radius 2 is 0.841 bits per heavy atom. The Morgan fingerprint density at radius 3 is 1.30 bits per heavy atom. The molecule has 0 radical (unpaired) electrons. The van der Waals surface area contributed by atoms with E-state index in [-0.39, 0.29) is 18.3 Å². The lowest BCUT2D eigenvalue weighted by Crippen LogP contribution is -2.37. The van der Waals surface area contributed by atoms with Gasteiger partial charge >= 0.3 is 24.6 Å². The van der Waals surface area contributed by atoms with Crippen LogP contribution in [-0.2, 0) is 14.2 Å². The van der Waals surface area contributed by atoms with E-state index < -0.39 is 24.6 Å². The van der Waals surface area contributed by atoms with Gasteiger partial charge in [-0.1, -0.05) is 91.0 Å². The van der Waals surface area contributed by atoms with E-state index in [1.54, 1.807) is 22.8 Å². The van der Waals surface area contributed by atoms with Crippen LogP contribution in [0.5, 0.6) is 51.7 Å². The Bertz CT molecular complexity index is 2420. The molecule has 6 aromatic carbocycles. The Kier molecular flexibility index (Phi) is 12.8. The Morgan fingerprint density at radius 1 is 0.460 bits per heavy atom. The lowest BCUT2D eigenvalue weighted by molar-refractivity contribution is 0.0515. The summed E-state index contributed by atoms with van der Waals surface area (Å²) in [6.07, 6.45) is -0.0854. The first kappa shape index (κ1) is 41.4. The van der Waals surface area contributed by atoms with Gasteiger partial charge in [0.05, 0.1) is 19.8 Å². The van der Waals surface area contributed by atoms with Crippen LogP contribution in [0.1, 0.15) is 0 Å². The van der Waals surface area contributed by atoms with Gasteiger partial charge in [0.1, 0.15) is 55.4 Å². The molecular formula is C45H42N3O12P3. The molecule has 15 nitrogen and oxygen atoms in total. The normalized spacial score (nSPS) is 23.6. The van der Waals surface area contributed by atoms with Crippen LogP contribution in [0.4, 0.5) is 0 Å². The van der Waals surface area contributed by atoms with Crippen LogP contribution in [0.3, 0.4) is 0 Å². The molecular weight excluding hydrogens is 867 g/mol. The Labute approximate surface area is 366 Å². The second-order valence-corrected chi connectivity index (χ2v) is 19.7. The maximum atomic E-state index is 7.30. The van der Waals surface area contributed by atoms with Crippen LogP contribution in [0, 0.1) is 0 Å². The van der Waals surface area contributed by atoms with Crippen molar-refractivity contribution in [2.45, 2.75) is 18.3 Å². The molecule has 18 heteroatoms. The fourth-order valence-electron chi connectivity index (χ4n) is 5.84. The van der Waals surface area contributed by atoms with Gasteiger partial charge in [0.15, 0.2) is 34.5 Å². The lowest BCUT2D eigenvalue weighted by Gasteiger charge is -2.44. The second-order valence-electron chi connectivity index (χ2n) is 14.2. The highest BCUT2D eigenvalue weighted by atomic mass is 31.3. The summed E-state index contributed by atoms with van der Waals surface area (Å²) in [5, 5.41) is 0. The highest BCUT2D eigenvalue weighted by molar-refractivity contribution is 7.78.